The van der Waals surface area contributed by atoms with E-state index in [0.717, 1.165) is 24.1 Å². The molecule has 1 atom stereocenters. The summed E-state index contributed by atoms with van der Waals surface area (Å²) in [5, 5.41) is 0. The van der Waals surface area contributed by atoms with E-state index < -0.39 is 23.9 Å². The number of hydrogen-bond acceptors (Lipinski definition) is 5. The highest BCUT2D eigenvalue weighted by Gasteiger charge is 2.52. The van der Waals surface area contributed by atoms with E-state index in [9.17, 15) is 4.79 Å². The summed E-state index contributed by atoms with van der Waals surface area (Å²) in [5.74, 6) is 0. The summed E-state index contributed by atoms with van der Waals surface area (Å²) in [6.45, 7) is 14.4. The number of aromatic nitrogens is 1. The minimum atomic E-state index is -0.512. The standard InChI is InChI=1S/C20H31BN2O4/c1-18(2,3)25-17(24)23-13-9-11-15(23)14-10-8-12-16(22-14)21-26-19(4,5)20(6,7)27-21/h8,10,12,15H,9,11,13H2,1-7H3. The Hall–Kier alpha value is -1.60. The summed E-state index contributed by atoms with van der Waals surface area (Å²) in [6, 6.07) is 5.75. The normalized spacial score (nSPS) is 24.3. The van der Waals surface area contributed by atoms with Crippen molar-refractivity contribution >= 4 is 18.8 Å². The van der Waals surface area contributed by atoms with E-state index in [1.165, 1.54) is 0 Å². The molecule has 3 heterocycles. The lowest BCUT2D eigenvalue weighted by molar-refractivity contribution is 0.00578. The molecule has 0 N–H and O–H groups in total. The van der Waals surface area contributed by atoms with E-state index in [1.54, 1.807) is 4.90 Å². The molecule has 1 unspecified atom stereocenters. The molecule has 3 rings (SSSR count). The Balaban J connectivity index is 1.80. The van der Waals surface area contributed by atoms with Gasteiger partial charge in [-0.2, -0.15) is 0 Å². The number of carbonyl (C=O) groups excluding carboxylic acids is 1. The second-order valence-corrected chi connectivity index (χ2v) is 9.41. The van der Waals surface area contributed by atoms with Gasteiger partial charge in [-0.25, -0.2) is 4.79 Å². The molecule has 6 nitrogen and oxygen atoms in total. The lowest BCUT2D eigenvalue weighted by Crippen LogP contribution is -2.41. The molecule has 7 heteroatoms. The Bertz CT molecular complexity index is 698. The fourth-order valence-corrected chi connectivity index (χ4v) is 3.36. The summed E-state index contributed by atoms with van der Waals surface area (Å²) in [6.07, 6.45) is 1.53. The molecule has 0 bridgehead atoms. The molecule has 0 aromatic carbocycles. The van der Waals surface area contributed by atoms with E-state index in [4.69, 9.17) is 19.0 Å². The van der Waals surface area contributed by atoms with Crippen LogP contribution in [0.5, 0.6) is 0 Å². The van der Waals surface area contributed by atoms with Crippen LogP contribution in [0, 0.1) is 0 Å². The van der Waals surface area contributed by atoms with E-state index in [-0.39, 0.29) is 12.1 Å². The monoisotopic (exact) mass is 374 g/mol. The Morgan fingerprint density at radius 2 is 1.85 bits per heavy atom. The number of carbonyl (C=O) groups is 1. The zero-order valence-electron chi connectivity index (χ0n) is 17.5. The van der Waals surface area contributed by atoms with Crippen LogP contribution in [0.15, 0.2) is 18.2 Å². The van der Waals surface area contributed by atoms with E-state index in [2.05, 4.69) is 0 Å². The van der Waals surface area contributed by atoms with Crippen LogP contribution in [0.3, 0.4) is 0 Å². The number of ether oxygens (including phenoxy) is 1. The Kier molecular flexibility index (Phi) is 5.06. The summed E-state index contributed by atoms with van der Waals surface area (Å²) >= 11 is 0. The van der Waals surface area contributed by atoms with Crippen molar-refractivity contribution in [3.05, 3.63) is 23.9 Å². The molecule has 2 aliphatic rings. The first kappa shape index (κ1) is 20.1. The summed E-state index contributed by atoms with van der Waals surface area (Å²) in [5.41, 5.74) is 0.256. The highest BCUT2D eigenvalue weighted by atomic mass is 16.7. The lowest BCUT2D eigenvalue weighted by Gasteiger charge is -2.32. The van der Waals surface area contributed by atoms with Crippen molar-refractivity contribution in [1.29, 1.82) is 0 Å². The lowest BCUT2D eigenvalue weighted by atomic mass is 9.84. The molecule has 2 fully saturated rings. The maximum Gasteiger partial charge on any atom is 0.514 e. The largest absolute Gasteiger partial charge is 0.514 e. The van der Waals surface area contributed by atoms with Gasteiger partial charge < -0.3 is 14.0 Å². The van der Waals surface area contributed by atoms with Crippen molar-refractivity contribution in [2.24, 2.45) is 0 Å². The van der Waals surface area contributed by atoms with Crippen molar-refractivity contribution in [2.75, 3.05) is 6.54 Å². The molecule has 2 saturated heterocycles. The van der Waals surface area contributed by atoms with E-state index >= 15 is 0 Å². The van der Waals surface area contributed by atoms with Crippen LogP contribution in [-0.4, -0.2) is 46.4 Å². The fourth-order valence-electron chi connectivity index (χ4n) is 3.36. The Morgan fingerprint density at radius 3 is 2.44 bits per heavy atom. The van der Waals surface area contributed by atoms with Crippen LogP contribution in [0.1, 0.15) is 73.0 Å². The smallest absolute Gasteiger partial charge is 0.444 e. The molecule has 148 valence electrons. The molecule has 2 aliphatic heterocycles. The number of pyridine rings is 1. The molecule has 0 spiro atoms. The molecular weight excluding hydrogens is 343 g/mol. The number of likely N-dealkylation sites (tertiary alicyclic amines) is 1. The van der Waals surface area contributed by atoms with Gasteiger partial charge in [0, 0.05) is 6.54 Å². The highest BCUT2D eigenvalue weighted by Crippen LogP contribution is 2.37. The Labute approximate surface area is 162 Å². The van der Waals surface area contributed by atoms with Gasteiger partial charge in [0.1, 0.15) is 5.60 Å². The van der Waals surface area contributed by atoms with Gasteiger partial charge in [-0.15, -0.1) is 0 Å². The molecule has 0 radical (unpaired) electrons. The molecule has 1 aromatic rings. The van der Waals surface area contributed by atoms with Crippen molar-refractivity contribution < 1.29 is 18.8 Å². The van der Waals surface area contributed by atoms with Gasteiger partial charge >= 0.3 is 13.2 Å². The fraction of sp³-hybridized carbons (Fsp3) is 0.700. The molecular formula is C20H31BN2O4. The molecule has 27 heavy (non-hydrogen) atoms. The van der Waals surface area contributed by atoms with Gasteiger partial charge in [-0.3, -0.25) is 9.88 Å². The van der Waals surface area contributed by atoms with Gasteiger partial charge in [-0.05, 0) is 73.4 Å². The van der Waals surface area contributed by atoms with Crippen molar-refractivity contribution in [1.82, 2.24) is 9.88 Å². The number of nitrogens with zero attached hydrogens (tertiary/aromatic N) is 2. The highest BCUT2D eigenvalue weighted by molar-refractivity contribution is 6.61. The number of hydrogen-bond donors (Lipinski definition) is 0. The molecule has 1 amide bonds. The zero-order chi connectivity index (χ0) is 20.0. The summed E-state index contributed by atoms with van der Waals surface area (Å²) < 4.78 is 17.8. The van der Waals surface area contributed by atoms with Crippen molar-refractivity contribution in [3.8, 4) is 0 Å². The van der Waals surface area contributed by atoms with Crippen LogP contribution in [0.2, 0.25) is 0 Å². The molecule has 0 aliphatic carbocycles. The predicted molar refractivity (Wildman–Crippen MR) is 105 cm³/mol. The minimum Gasteiger partial charge on any atom is -0.444 e. The van der Waals surface area contributed by atoms with Crippen molar-refractivity contribution in [3.63, 3.8) is 0 Å². The van der Waals surface area contributed by atoms with Crippen LogP contribution in [0.4, 0.5) is 4.79 Å². The molecule has 0 saturated carbocycles. The third kappa shape index (κ3) is 4.14. The summed E-state index contributed by atoms with van der Waals surface area (Å²) in [7, 11) is -0.508. The first-order valence-corrected chi connectivity index (χ1v) is 9.72. The maximum atomic E-state index is 12.6. The van der Waals surface area contributed by atoms with Crippen LogP contribution >= 0.6 is 0 Å². The van der Waals surface area contributed by atoms with Crippen LogP contribution < -0.4 is 5.59 Å². The minimum absolute atomic E-state index is 0.0813. The average molecular weight is 374 g/mol. The predicted octanol–water partition coefficient (Wildman–Crippen LogP) is 3.45. The Morgan fingerprint density at radius 1 is 1.22 bits per heavy atom. The van der Waals surface area contributed by atoms with Gasteiger partial charge in [0.25, 0.3) is 0 Å². The SMILES string of the molecule is CC(C)(C)OC(=O)N1CCCC1c1cccc(B2OC(C)(C)C(C)(C)O2)n1. The second kappa shape index (κ2) is 6.78. The third-order valence-corrected chi connectivity index (χ3v) is 5.51. The number of amides is 1. The molecule has 1 aromatic heterocycles. The topological polar surface area (TPSA) is 60.9 Å². The van der Waals surface area contributed by atoms with Gasteiger partial charge in [-0.1, -0.05) is 6.07 Å². The maximum absolute atomic E-state index is 12.6. The first-order valence-electron chi connectivity index (χ1n) is 9.72. The van der Waals surface area contributed by atoms with Crippen LogP contribution in [0.25, 0.3) is 0 Å². The zero-order valence-corrected chi connectivity index (χ0v) is 17.5. The number of rotatable bonds is 2. The van der Waals surface area contributed by atoms with Crippen LogP contribution in [-0.2, 0) is 14.0 Å². The van der Waals surface area contributed by atoms with Gasteiger partial charge in [0.2, 0.25) is 0 Å². The van der Waals surface area contributed by atoms with Gasteiger partial charge in [0.05, 0.1) is 28.5 Å². The van der Waals surface area contributed by atoms with Gasteiger partial charge in [0.15, 0.2) is 0 Å². The summed E-state index contributed by atoms with van der Waals surface area (Å²) in [4.78, 5) is 19.2. The second-order valence-electron chi connectivity index (χ2n) is 9.41. The third-order valence-electron chi connectivity index (χ3n) is 5.51. The quantitative estimate of drug-likeness (QED) is 0.742. The first-order chi connectivity index (χ1) is 12.4. The van der Waals surface area contributed by atoms with E-state index in [1.807, 2.05) is 66.7 Å². The average Bonchev–Trinajstić information content (AvgIpc) is 3.09. The van der Waals surface area contributed by atoms with Crippen molar-refractivity contribution in [2.45, 2.75) is 84.2 Å². The van der Waals surface area contributed by atoms with E-state index in [0.29, 0.717) is 6.54 Å².